The lowest BCUT2D eigenvalue weighted by molar-refractivity contribution is -0.120. The molecule has 0 heterocycles. The van der Waals surface area contributed by atoms with Gasteiger partial charge in [-0.05, 0) is 60.9 Å². The summed E-state index contributed by atoms with van der Waals surface area (Å²) in [6.07, 6.45) is 1.42. The summed E-state index contributed by atoms with van der Waals surface area (Å²) in [4.78, 5) is 23.1. The Morgan fingerprint density at radius 2 is 1.96 bits per heavy atom. The largest absolute Gasteiger partial charge is 0.482 e. The fraction of sp³-hybridized carbons (Fsp3) is 0.150. The molecule has 27 heavy (non-hydrogen) atoms. The molecule has 3 N–H and O–H groups in total. The Labute approximate surface area is 162 Å². The monoisotopic (exact) mass is 383 g/mol. The Morgan fingerprint density at radius 3 is 2.56 bits per heavy atom. The number of anilines is 1. The fourth-order valence-corrected chi connectivity index (χ4v) is 2.45. The Morgan fingerprint density at radius 1 is 1.22 bits per heavy atom. The maximum absolute atomic E-state index is 12.4. The molecule has 0 fully saturated rings. The molecule has 6 nitrogen and oxygen atoms in total. The Kier molecular flexibility index (Phi) is 6.58. The number of rotatable bonds is 6. The van der Waals surface area contributed by atoms with Gasteiger partial charge >= 0.3 is 0 Å². The molecule has 0 bridgehead atoms. The van der Waals surface area contributed by atoms with Crippen molar-refractivity contribution < 1.29 is 14.3 Å². The highest BCUT2D eigenvalue weighted by Gasteiger charge is 2.11. The first-order valence-electron chi connectivity index (χ1n) is 8.01. The van der Waals surface area contributed by atoms with Crippen molar-refractivity contribution >= 4 is 35.2 Å². The van der Waals surface area contributed by atoms with E-state index in [-0.39, 0.29) is 23.0 Å². The van der Waals surface area contributed by atoms with Crippen LogP contribution in [0.2, 0.25) is 5.02 Å². The summed E-state index contributed by atoms with van der Waals surface area (Å²) in [6, 6.07) is 12.1. The number of ether oxygens (including phenoxy) is 1. The van der Waals surface area contributed by atoms with Gasteiger partial charge in [0, 0.05) is 5.69 Å². The number of hydrogen-bond acceptors (Lipinski definition) is 4. The highest BCUT2D eigenvalue weighted by Crippen LogP contribution is 2.26. The molecule has 0 atom stereocenters. The van der Waals surface area contributed by atoms with E-state index in [0.717, 1.165) is 11.1 Å². The van der Waals surface area contributed by atoms with Crippen LogP contribution in [-0.4, -0.2) is 18.4 Å². The molecule has 2 aromatic carbocycles. The number of nitrogens with two attached hydrogens (primary N) is 1. The van der Waals surface area contributed by atoms with E-state index in [4.69, 9.17) is 22.1 Å². The van der Waals surface area contributed by atoms with Crippen LogP contribution in [0.1, 0.15) is 16.7 Å². The van der Waals surface area contributed by atoms with Crippen LogP contribution in [-0.2, 0) is 9.59 Å². The third-order valence-corrected chi connectivity index (χ3v) is 4.06. The third kappa shape index (κ3) is 5.59. The van der Waals surface area contributed by atoms with Gasteiger partial charge < -0.3 is 15.8 Å². The maximum Gasteiger partial charge on any atom is 0.266 e. The van der Waals surface area contributed by atoms with Crippen molar-refractivity contribution in [1.29, 1.82) is 5.26 Å². The van der Waals surface area contributed by atoms with Crippen LogP contribution in [0, 0.1) is 25.2 Å². The second-order valence-electron chi connectivity index (χ2n) is 5.87. The van der Waals surface area contributed by atoms with E-state index in [1.807, 2.05) is 32.0 Å². The third-order valence-electron chi connectivity index (χ3n) is 3.77. The molecule has 0 unspecified atom stereocenters. The van der Waals surface area contributed by atoms with Crippen LogP contribution in [0.5, 0.6) is 5.75 Å². The van der Waals surface area contributed by atoms with Crippen molar-refractivity contribution in [2.45, 2.75) is 13.8 Å². The van der Waals surface area contributed by atoms with E-state index in [1.54, 1.807) is 12.1 Å². The highest BCUT2D eigenvalue weighted by molar-refractivity contribution is 6.32. The van der Waals surface area contributed by atoms with Gasteiger partial charge in [0.25, 0.3) is 11.8 Å². The van der Waals surface area contributed by atoms with Crippen LogP contribution < -0.4 is 15.8 Å². The number of carbonyl (C=O) groups excluding carboxylic acids is 2. The maximum atomic E-state index is 12.4. The minimum atomic E-state index is -0.621. The number of primary amides is 1. The molecular weight excluding hydrogens is 366 g/mol. The first-order valence-corrected chi connectivity index (χ1v) is 8.39. The van der Waals surface area contributed by atoms with Crippen molar-refractivity contribution in [3.8, 4) is 11.8 Å². The molecule has 0 spiro atoms. The number of nitrogens with one attached hydrogen (secondary N) is 1. The fourth-order valence-electron chi connectivity index (χ4n) is 2.21. The minimum absolute atomic E-state index is 0.0740. The van der Waals surface area contributed by atoms with Gasteiger partial charge in [0.1, 0.15) is 17.4 Å². The summed E-state index contributed by atoms with van der Waals surface area (Å²) in [5.41, 5.74) is 8.24. The first kappa shape index (κ1) is 20.0. The second-order valence-corrected chi connectivity index (χ2v) is 6.28. The number of benzene rings is 2. The van der Waals surface area contributed by atoms with Crippen molar-refractivity contribution in [2.24, 2.45) is 5.73 Å². The lowest BCUT2D eigenvalue weighted by Gasteiger charge is -2.08. The first-order chi connectivity index (χ1) is 12.8. The van der Waals surface area contributed by atoms with E-state index in [0.29, 0.717) is 11.3 Å². The van der Waals surface area contributed by atoms with E-state index in [2.05, 4.69) is 5.32 Å². The van der Waals surface area contributed by atoms with Gasteiger partial charge in [0.15, 0.2) is 6.61 Å². The summed E-state index contributed by atoms with van der Waals surface area (Å²) in [5.74, 6) is -0.860. The molecule has 2 rings (SSSR count). The molecular formula is C20H18ClN3O3. The van der Waals surface area contributed by atoms with E-state index in [9.17, 15) is 14.9 Å². The number of nitrogens with zero attached hydrogens (tertiary/aromatic N) is 1. The average molecular weight is 384 g/mol. The van der Waals surface area contributed by atoms with Gasteiger partial charge in [-0.1, -0.05) is 23.7 Å². The smallest absolute Gasteiger partial charge is 0.266 e. The molecule has 138 valence electrons. The zero-order chi connectivity index (χ0) is 20.0. The zero-order valence-corrected chi connectivity index (χ0v) is 15.6. The number of amides is 2. The van der Waals surface area contributed by atoms with Gasteiger partial charge in [-0.25, -0.2) is 0 Å². The quantitative estimate of drug-likeness (QED) is 0.589. The average Bonchev–Trinajstić information content (AvgIpc) is 2.61. The van der Waals surface area contributed by atoms with Gasteiger partial charge in [-0.2, -0.15) is 5.26 Å². The molecule has 2 aromatic rings. The number of halogens is 1. The van der Waals surface area contributed by atoms with Crippen LogP contribution in [0.4, 0.5) is 5.69 Å². The Balaban J connectivity index is 2.18. The molecule has 0 saturated carbocycles. The molecule has 7 heteroatoms. The van der Waals surface area contributed by atoms with E-state index in [1.165, 1.54) is 18.2 Å². The molecule has 0 saturated heterocycles. The number of nitriles is 1. The molecule has 2 amide bonds. The summed E-state index contributed by atoms with van der Waals surface area (Å²) >= 11 is 6.09. The number of aryl methyl sites for hydroxylation is 2. The lowest BCUT2D eigenvalue weighted by Crippen LogP contribution is -2.20. The number of hydrogen-bond donors (Lipinski definition) is 2. The van der Waals surface area contributed by atoms with Crippen molar-refractivity contribution in [2.75, 3.05) is 11.9 Å². The Bertz CT molecular complexity index is 961. The minimum Gasteiger partial charge on any atom is -0.482 e. The highest BCUT2D eigenvalue weighted by atomic mass is 35.5. The second kappa shape index (κ2) is 8.88. The molecule has 0 aromatic heterocycles. The van der Waals surface area contributed by atoms with Crippen LogP contribution >= 0.6 is 11.6 Å². The number of carbonyl (C=O) groups is 2. The predicted octanol–water partition coefficient (Wildman–Crippen LogP) is 3.37. The van der Waals surface area contributed by atoms with Crippen LogP contribution in [0.3, 0.4) is 0 Å². The normalized spacial score (nSPS) is 10.8. The van der Waals surface area contributed by atoms with Gasteiger partial charge in [0.05, 0.1) is 5.02 Å². The van der Waals surface area contributed by atoms with Gasteiger partial charge in [0.2, 0.25) is 0 Å². The zero-order valence-electron chi connectivity index (χ0n) is 14.9. The summed E-state index contributed by atoms with van der Waals surface area (Å²) < 4.78 is 5.16. The standard InChI is InChI=1S/C20H18ClN3O3/c1-12-3-5-16(7-13(12)2)24-20(26)15(10-22)8-14-4-6-18(17(21)9-14)27-11-19(23)25/h3-9H,11H2,1-2H3,(H2,23,25)(H,24,26). The molecule has 0 aliphatic rings. The van der Waals surface area contributed by atoms with E-state index >= 15 is 0 Å². The van der Waals surface area contributed by atoms with Gasteiger partial charge in [-0.15, -0.1) is 0 Å². The van der Waals surface area contributed by atoms with Crippen molar-refractivity contribution in [3.05, 3.63) is 63.7 Å². The van der Waals surface area contributed by atoms with Crippen molar-refractivity contribution in [1.82, 2.24) is 0 Å². The topological polar surface area (TPSA) is 105 Å². The molecule has 0 aliphatic carbocycles. The summed E-state index contributed by atoms with van der Waals surface area (Å²) in [5, 5.41) is 12.2. The van der Waals surface area contributed by atoms with Crippen molar-refractivity contribution in [3.63, 3.8) is 0 Å². The Hall–Kier alpha value is -3.30. The van der Waals surface area contributed by atoms with E-state index < -0.39 is 11.8 Å². The molecule has 0 radical (unpaired) electrons. The van der Waals surface area contributed by atoms with Gasteiger partial charge in [-0.3, -0.25) is 9.59 Å². The lowest BCUT2D eigenvalue weighted by atomic mass is 10.1. The predicted molar refractivity (Wildman–Crippen MR) is 104 cm³/mol. The summed E-state index contributed by atoms with van der Waals surface area (Å²) in [7, 11) is 0. The SMILES string of the molecule is Cc1ccc(NC(=O)C(C#N)=Cc2ccc(OCC(N)=O)c(Cl)c2)cc1C. The van der Waals surface area contributed by atoms with Crippen LogP contribution in [0.25, 0.3) is 6.08 Å². The summed E-state index contributed by atoms with van der Waals surface area (Å²) in [6.45, 7) is 3.62. The molecule has 0 aliphatic heterocycles. The van der Waals surface area contributed by atoms with Crippen LogP contribution in [0.15, 0.2) is 42.0 Å².